The van der Waals surface area contributed by atoms with Crippen molar-refractivity contribution < 1.29 is 86.5 Å². The van der Waals surface area contributed by atoms with Crippen LogP contribution in [0.15, 0.2) is 71.9 Å². The number of esters is 1. The number of anilines is 1. The molecule has 22 heteroatoms. The molecule has 0 aromatic heterocycles. The van der Waals surface area contributed by atoms with Gasteiger partial charge < -0.3 is 58.8 Å². The van der Waals surface area contributed by atoms with E-state index < -0.39 is 105 Å². The van der Waals surface area contributed by atoms with Crippen molar-refractivity contribution in [2.24, 2.45) is 41.4 Å². The number of fused-ring (bicyclic) bond motifs is 3. The second-order valence-corrected chi connectivity index (χ2v) is 28.0. The maximum absolute atomic E-state index is 14.6. The number of allylic oxidation sites excluding steroid dienone is 6. The highest BCUT2D eigenvalue weighted by Crippen LogP contribution is 2.54. The number of hydrogen-bond acceptors (Lipinski definition) is 15. The second kappa shape index (κ2) is 30.7. The highest BCUT2D eigenvalue weighted by atomic mass is 31.2. The smallest absolute Gasteiger partial charge is 0.335 e. The number of nitrogens with zero attached hydrogens (tertiary/aromatic N) is 1. The summed E-state index contributed by atoms with van der Waals surface area (Å²) < 4.78 is 53.9. The molecule has 1 aromatic carbocycles. The van der Waals surface area contributed by atoms with Crippen LogP contribution in [0.4, 0.5) is 5.69 Å². The van der Waals surface area contributed by atoms with Gasteiger partial charge in [0.2, 0.25) is 19.1 Å². The maximum Gasteiger partial charge on any atom is 0.335 e. The molecule has 0 radical (unpaired) electrons. The van der Waals surface area contributed by atoms with Crippen molar-refractivity contribution in [1.29, 1.82) is 0 Å². The normalized spacial score (nSPS) is 35.4. The number of methoxy groups -OCH3 is 3. The summed E-state index contributed by atoms with van der Waals surface area (Å²) in [4.78, 5) is 115. The first kappa shape index (κ1) is 68.5. The number of amides is 2. The number of aliphatic hydroxyl groups excluding tert-OH is 1. The van der Waals surface area contributed by atoms with Crippen molar-refractivity contribution in [3.8, 4) is 0 Å². The van der Waals surface area contributed by atoms with E-state index in [1.807, 2.05) is 51.2 Å². The number of aliphatic hydroxyl groups is 2. The van der Waals surface area contributed by atoms with E-state index in [2.05, 4.69) is 5.32 Å². The number of benzene rings is 1. The molecule has 2 saturated heterocycles. The zero-order chi connectivity index (χ0) is 60.9. The van der Waals surface area contributed by atoms with Crippen LogP contribution >= 0.6 is 15.0 Å². The third-order valence-electron chi connectivity index (χ3n) is 17.0. The first-order valence-corrected chi connectivity index (χ1v) is 32.4. The van der Waals surface area contributed by atoms with Crippen LogP contribution in [0, 0.1) is 41.4 Å². The van der Waals surface area contributed by atoms with Crippen molar-refractivity contribution in [2.45, 2.75) is 180 Å². The Hall–Kier alpha value is -4.30. The molecule has 2 bridgehead atoms. The average molecular weight is 1190 g/mol. The van der Waals surface area contributed by atoms with Crippen LogP contribution in [0.5, 0.6) is 0 Å². The van der Waals surface area contributed by atoms with Crippen molar-refractivity contribution in [1.82, 2.24) is 4.90 Å². The molecule has 0 spiro atoms. The minimum absolute atomic E-state index is 0.0134. The summed E-state index contributed by atoms with van der Waals surface area (Å²) in [5.74, 6) is -10.5. The molecule has 1 aromatic rings. The molecule has 6 N–H and O–H groups in total. The van der Waals surface area contributed by atoms with E-state index in [1.165, 1.54) is 31.4 Å². The first-order valence-electron chi connectivity index (χ1n) is 28.8. The Morgan fingerprint density at radius 1 is 0.854 bits per heavy atom. The van der Waals surface area contributed by atoms with E-state index in [9.17, 15) is 62.8 Å². The van der Waals surface area contributed by atoms with Gasteiger partial charge in [0.15, 0.2) is 5.78 Å². The van der Waals surface area contributed by atoms with Crippen LogP contribution in [0.25, 0.3) is 0 Å². The summed E-state index contributed by atoms with van der Waals surface area (Å²) >= 11 is 0. The molecule has 16 atom stereocenters. The standard InChI is InChI=1S/C60H90N2O18P2/c1-36-16-12-11-13-17-37(2)50(76-8)33-46-24-19-42(7)60(70,80-46)57(67)58(68)62-27-15-14-18-48(62)59(69)79-51(34-49(63)38(3)29-41(6)55(66)56(78-10)54(65)40(5)28-36)39(4)30-43-20-21-44(52(31-43)77-9)32-53(64)61-45-22-25-47(26-23-45)81(71,72)35-82(73,74)75/h11-13,16-17,22-23,25-26,29,36,38-40,42-44,46,48,50-52,55-56,66,70H,14-15,18-21,24,27-28,30-35H2,1-10H3,(H,61,64)(H,71,72)(H2,73,74,75)/b13-11+,16-12+,37-17+,41-29+/t36-,38-,39-,40-,42-,43?,44+,46+,48?,50+,51+,52-,55?,56+,60-/m1/s1. The monoisotopic (exact) mass is 1190 g/mol. The number of carbonyl (C=O) groups is 6. The van der Waals surface area contributed by atoms with Crippen LogP contribution in [0.3, 0.4) is 0 Å². The van der Waals surface area contributed by atoms with Crippen LogP contribution in [0.2, 0.25) is 0 Å². The quantitative estimate of drug-likeness (QED) is 0.0511. The average Bonchev–Trinajstić information content (AvgIpc) is 3.37. The molecule has 2 amide bonds. The molecular formula is C60H90N2O18P2. The van der Waals surface area contributed by atoms with Gasteiger partial charge in [-0.25, -0.2) is 4.79 Å². The van der Waals surface area contributed by atoms with E-state index in [-0.39, 0.29) is 78.9 Å². The minimum atomic E-state index is -4.78. The fourth-order valence-corrected chi connectivity index (χ4v) is 15.3. The molecule has 3 heterocycles. The first-order chi connectivity index (χ1) is 38.5. The lowest BCUT2D eigenvalue weighted by Crippen LogP contribution is -2.61. The Bertz CT molecular complexity index is 2610. The van der Waals surface area contributed by atoms with E-state index in [1.54, 1.807) is 48.0 Å². The minimum Gasteiger partial charge on any atom is -0.460 e. The number of ketones is 3. The molecule has 1 aliphatic carbocycles. The van der Waals surface area contributed by atoms with Gasteiger partial charge in [0.1, 0.15) is 36.0 Å². The molecule has 3 fully saturated rings. The number of Topliss-reactive ketones (excluding diaryl/α,β-unsaturated/α-hetero) is 3. The lowest BCUT2D eigenvalue weighted by molar-refractivity contribution is -0.265. The Morgan fingerprint density at radius 2 is 1.55 bits per heavy atom. The molecule has 1 saturated carbocycles. The highest BCUT2D eigenvalue weighted by Gasteiger charge is 2.53. The van der Waals surface area contributed by atoms with Gasteiger partial charge in [-0.2, -0.15) is 0 Å². The molecule has 82 heavy (non-hydrogen) atoms. The van der Waals surface area contributed by atoms with Crippen molar-refractivity contribution in [3.05, 3.63) is 71.9 Å². The van der Waals surface area contributed by atoms with Crippen LogP contribution in [-0.2, 0) is 61.6 Å². The molecule has 4 unspecified atom stereocenters. The van der Waals surface area contributed by atoms with E-state index in [0.29, 0.717) is 69.0 Å². The number of carbonyl (C=O) groups excluding carboxylic acids is 6. The van der Waals surface area contributed by atoms with Crippen molar-refractivity contribution in [2.75, 3.05) is 39.1 Å². The fourth-order valence-electron chi connectivity index (χ4n) is 12.0. The Kier molecular flexibility index (Phi) is 25.6. The van der Waals surface area contributed by atoms with Gasteiger partial charge in [-0.1, -0.05) is 71.1 Å². The van der Waals surface area contributed by atoms with Gasteiger partial charge in [-0.15, -0.1) is 0 Å². The topological polar surface area (TPSA) is 299 Å². The number of nitrogens with one attached hydrogen (secondary N) is 1. The number of rotatable bonds is 12. The summed E-state index contributed by atoms with van der Waals surface area (Å²) in [6.45, 7) is 12.5. The van der Waals surface area contributed by atoms with E-state index in [0.717, 1.165) is 10.5 Å². The predicted molar refractivity (Wildman–Crippen MR) is 309 cm³/mol. The van der Waals surface area contributed by atoms with Gasteiger partial charge in [-0.3, -0.25) is 33.1 Å². The zero-order valence-corrected chi connectivity index (χ0v) is 51.1. The van der Waals surface area contributed by atoms with Gasteiger partial charge in [0.25, 0.3) is 11.7 Å². The fraction of sp³-hybridized carbons (Fsp3) is 0.667. The molecule has 5 rings (SSSR count). The Morgan fingerprint density at radius 3 is 2.20 bits per heavy atom. The number of ether oxygens (including phenoxy) is 5. The van der Waals surface area contributed by atoms with Gasteiger partial charge in [0, 0.05) is 75.9 Å². The third kappa shape index (κ3) is 18.8. The van der Waals surface area contributed by atoms with Crippen LogP contribution in [0.1, 0.15) is 132 Å². The SMILES string of the molecule is CO[C@H]1C[C@@H]2CC[C@@H](C)[C@@](O)(O2)C(=O)C(=O)N2CCCCC2C(=O)O[C@H]([C@H](C)CC2CC[C@@H](CC(=O)Nc3ccc(P(=O)(O)CP(=O)(O)O)cc3)[C@H](OC)C2)CC(=O)[C@H](C)/C=C(\C)C(O)[C@@H](OC)C(=O)[C@H](C)C[C@H](C)/C=C/C=C/C=C/1C. The lowest BCUT2D eigenvalue weighted by Gasteiger charge is -2.42. The number of piperidine rings is 1. The number of cyclic esters (lactones) is 1. The van der Waals surface area contributed by atoms with Crippen LogP contribution in [-0.4, -0.2) is 147 Å². The van der Waals surface area contributed by atoms with E-state index >= 15 is 0 Å². The molecular weight excluding hydrogens is 1100 g/mol. The Balaban J connectivity index is 1.40. The van der Waals surface area contributed by atoms with Gasteiger partial charge >= 0.3 is 13.6 Å². The second-order valence-electron chi connectivity index (χ2n) is 23.6. The summed E-state index contributed by atoms with van der Waals surface area (Å²) in [5.41, 5.74) is 1.50. The summed E-state index contributed by atoms with van der Waals surface area (Å²) in [6.07, 6.45) is 10.8. The van der Waals surface area contributed by atoms with Gasteiger partial charge in [0.05, 0.1) is 18.3 Å². The number of hydrogen-bond donors (Lipinski definition) is 6. The lowest BCUT2D eigenvalue weighted by atomic mass is 9.74. The highest BCUT2D eigenvalue weighted by molar-refractivity contribution is 7.77. The molecule has 20 nitrogen and oxygen atoms in total. The third-order valence-corrected chi connectivity index (χ3v) is 21.1. The molecule has 4 aliphatic rings. The Labute approximate surface area is 483 Å². The van der Waals surface area contributed by atoms with Crippen LogP contribution < -0.4 is 10.6 Å². The zero-order valence-electron chi connectivity index (χ0n) is 49.3. The maximum atomic E-state index is 14.6. The van der Waals surface area contributed by atoms with Gasteiger partial charge in [-0.05, 0) is 137 Å². The predicted octanol–water partition coefficient (Wildman–Crippen LogP) is 7.50. The summed E-state index contributed by atoms with van der Waals surface area (Å²) in [6, 6.07) is 4.02. The molecule has 458 valence electrons. The van der Waals surface area contributed by atoms with Crippen molar-refractivity contribution >= 4 is 61.1 Å². The van der Waals surface area contributed by atoms with Crippen molar-refractivity contribution in [3.63, 3.8) is 0 Å². The van der Waals surface area contributed by atoms with E-state index in [4.69, 9.17) is 23.7 Å². The largest absolute Gasteiger partial charge is 0.460 e. The molecule has 3 aliphatic heterocycles. The summed E-state index contributed by atoms with van der Waals surface area (Å²) in [7, 11) is -4.67. The summed E-state index contributed by atoms with van der Waals surface area (Å²) in [5, 5.41) is 26.2.